The van der Waals surface area contributed by atoms with Gasteiger partial charge in [0.1, 0.15) is 12.4 Å². The quantitative estimate of drug-likeness (QED) is 0.547. The van der Waals surface area contributed by atoms with Gasteiger partial charge in [-0.1, -0.05) is 24.3 Å². The van der Waals surface area contributed by atoms with Gasteiger partial charge in [0.2, 0.25) is 0 Å². The number of amides is 3. The fourth-order valence-electron chi connectivity index (χ4n) is 3.37. The van der Waals surface area contributed by atoms with Crippen molar-refractivity contribution in [3.05, 3.63) is 75.6 Å². The molecule has 0 radical (unpaired) electrons. The predicted molar refractivity (Wildman–Crippen MR) is 117 cm³/mol. The Morgan fingerprint density at radius 1 is 1.28 bits per heavy atom. The standard InChI is InChI=1S/C22H24FN5O4/c1-14(2)24-22(30)26(3)13-21(29)27-20(16-5-4-6-18(11-16)28(31)32)12-19(25-27)15-7-9-17(23)10-8-15/h4-11,14,20H,12-13H2,1-3H3,(H,24,30). The van der Waals surface area contributed by atoms with Crippen molar-refractivity contribution in [3.8, 4) is 0 Å². The van der Waals surface area contributed by atoms with Crippen LogP contribution in [0.1, 0.15) is 37.4 Å². The normalized spacial score (nSPS) is 15.5. The van der Waals surface area contributed by atoms with Crippen molar-refractivity contribution in [2.24, 2.45) is 5.10 Å². The van der Waals surface area contributed by atoms with Gasteiger partial charge in [-0.25, -0.2) is 14.2 Å². The van der Waals surface area contributed by atoms with Gasteiger partial charge in [0.25, 0.3) is 11.6 Å². The van der Waals surface area contributed by atoms with Gasteiger partial charge in [0, 0.05) is 31.6 Å². The number of carbonyl (C=O) groups excluding carboxylic acids is 2. The molecule has 3 rings (SSSR count). The second kappa shape index (κ2) is 9.54. The molecule has 2 aromatic carbocycles. The van der Waals surface area contributed by atoms with Crippen molar-refractivity contribution in [1.29, 1.82) is 0 Å². The van der Waals surface area contributed by atoms with Crippen molar-refractivity contribution in [3.63, 3.8) is 0 Å². The zero-order chi connectivity index (χ0) is 23.4. The number of carbonyl (C=O) groups is 2. The summed E-state index contributed by atoms with van der Waals surface area (Å²) in [5.41, 5.74) is 1.63. The zero-order valence-corrected chi connectivity index (χ0v) is 18.0. The van der Waals surface area contributed by atoms with Crippen molar-refractivity contribution < 1.29 is 18.9 Å². The van der Waals surface area contributed by atoms with Crippen molar-refractivity contribution in [2.45, 2.75) is 32.4 Å². The van der Waals surface area contributed by atoms with Crippen LogP contribution in [0.25, 0.3) is 0 Å². The molecular weight excluding hydrogens is 417 g/mol. The van der Waals surface area contributed by atoms with E-state index in [1.807, 2.05) is 13.8 Å². The SMILES string of the molecule is CC(C)NC(=O)N(C)CC(=O)N1N=C(c2ccc(F)cc2)CC1c1cccc([N+](=O)[O-])c1. The van der Waals surface area contributed by atoms with Gasteiger partial charge in [0.15, 0.2) is 0 Å². The Hall–Kier alpha value is -3.82. The van der Waals surface area contributed by atoms with Crippen molar-refractivity contribution in [1.82, 2.24) is 15.2 Å². The van der Waals surface area contributed by atoms with E-state index in [0.29, 0.717) is 23.3 Å². The Bertz CT molecular complexity index is 1050. The van der Waals surface area contributed by atoms with E-state index in [0.717, 1.165) is 0 Å². The molecule has 32 heavy (non-hydrogen) atoms. The fraction of sp³-hybridized carbons (Fsp3) is 0.318. The van der Waals surface area contributed by atoms with E-state index in [4.69, 9.17) is 0 Å². The number of hydrogen-bond donors (Lipinski definition) is 1. The predicted octanol–water partition coefficient (Wildman–Crippen LogP) is 3.46. The van der Waals surface area contributed by atoms with Gasteiger partial charge in [-0.15, -0.1) is 0 Å². The van der Waals surface area contributed by atoms with Crippen LogP contribution in [0, 0.1) is 15.9 Å². The summed E-state index contributed by atoms with van der Waals surface area (Å²) in [5, 5.41) is 19.6. The van der Waals surface area contributed by atoms with Gasteiger partial charge in [0.05, 0.1) is 16.7 Å². The molecule has 0 spiro atoms. The Balaban J connectivity index is 1.90. The Labute approximate surface area is 184 Å². The zero-order valence-electron chi connectivity index (χ0n) is 18.0. The maximum atomic E-state index is 13.3. The number of rotatable bonds is 6. The van der Waals surface area contributed by atoms with E-state index in [-0.39, 0.29) is 18.3 Å². The van der Waals surface area contributed by atoms with E-state index in [2.05, 4.69) is 10.4 Å². The summed E-state index contributed by atoms with van der Waals surface area (Å²) in [6.45, 7) is 3.39. The van der Waals surface area contributed by atoms with Crippen molar-refractivity contribution >= 4 is 23.3 Å². The van der Waals surface area contributed by atoms with Gasteiger partial charge >= 0.3 is 6.03 Å². The van der Waals surface area contributed by atoms with Crippen LogP contribution in [0.2, 0.25) is 0 Å². The molecule has 1 atom stereocenters. The largest absolute Gasteiger partial charge is 0.336 e. The average Bonchev–Trinajstić information content (AvgIpc) is 3.19. The van der Waals surface area contributed by atoms with Crippen LogP contribution in [0.15, 0.2) is 53.6 Å². The highest BCUT2D eigenvalue weighted by atomic mass is 19.1. The third-order valence-corrected chi connectivity index (χ3v) is 4.94. The molecule has 1 heterocycles. The highest BCUT2D eigenvalue weighted by Gasteiger charge is 2.34. The Kier molecular flexibility index (Phi) is 6.82. The van der Waals surface area contributed by atoms with Gasteiger partial charge < -0.3 is 10.2 Å². The summed E-state index contributed by atoms with van der Waals surface area (Å²) in [7, 11) is 1.50. The molecule has 168 valence electrons. The molecule has 0 bridgehead atoms. The summed E-state index contributed by atoms with van der Waals surface area (Å²) >= 11 is 0. The number of urea groups is 1. The third kappa shape index (κ3) is 5.26. The van der Waals surface area contributed by atoms with Crippen LogP contribution in [0.3, 0.4) is 0 Å². The molecule has 10 heteroatoms. The minimum Gasteiger partial charge on any atom is -0.336 e. The lowest BCUT2D eigenvalue weighted by Gasteiger charge is -2.25. The van der Waals surface area contributed by atoms with Gasteiger partial charge in [-0.2, -0.15) is 5.10 Å². The topological polar surface area (TPSA) is 108 Å². The van der Waals surface area contributed by atoms with Crippen LogP contribution in [0.4, 0.5) is 14.9 Å². The van der Waals surface area contributed by atoms with E-state index in [1.165, 1.54) is 41.2 Å². The molecule has 1 unspecified atom stereocenters. The number of nitrogens with one attached hydrogen (secondary N) is 1. The van der Waals surface area contributed by atoms with Gasteiger partial charge in [-0.3, -0.25) is 14.9 Å². The molecule has 3 amide bonds. The number of halogens is 1. The molecule has 0 aromatic heterocycles. The fourth-order valence-corrected chi connectivity index (χ4v) is 3.37. The van der Waals surface area contributed by atoms with Crippen LogP contribution in [0.5, 0.6) is 0 Å². The third-order valence-electron chi connectivity index (χ3n) is 4.94. The molecule has 1 N–H and O–H groups in total. The number of non-ortho nitro benzene ring substituents is 1. The molecule has 2 aromatic rings. The summed E-state index contributed by atoms with van der Waals surface area (Å²) in [6, 6.07) is 10.7. The minimum atomic E-state index is -0.594. The lowest BCUT2D eigenvalue weighted by molar-refractivity contribution is -0.384. The van der Waals surface area contributed by atoms with Crippen LogP contribution in [-0.4, -0.2) is 52.1 Å². The maximum Gasteiger partial charge on any atom is 0.317 e. The first-order chi connectivity index (χ1) is 15.2. The Morgan fingerprint density at radius 3 is 2.59 bits per heavy atom. The monoisotopic (exact) mass is 441 g/mol. The molecule has 1 aliphatic rings. The van der Waals surface area contributed by atoms with E-state index in [9.17, 15) is 24.1 Å². The summed E-state index contributed by atoms with van der Waals surface area (Å²) in [6.07, 6.45) is 0.292. The smallest absolute Gasteiger partial charge is 0.317 e. The molecular formula is C22H24FN5O4. The molecule has 9 nitrogen and oxygen atoms in total. The molecule has 0 saturated carbocycles. The first-order valence-corrected chi connectivity index (χ1v) is 10.1. The minimum absolute atomic E-state index is 0.0902. The molecule has 0 aliphatic carbocycles. The molecule has 1 aliphatic heterocycles. The molecule has 0 fully saturated rings. The lowest BCUT2D eigenvalue weighted by atomic mass is 9.98. The number of hydrogen-bond acceptors (Lipinski definition) is 5. The van der Waals surface area contributed by atoms with Crippen LogP contribution in [-0.2, 0) is 4.79 Å². The number of likely N-dealkylation sites (N-methyl/N-ethyl adjacent to an activating group) is 1. The first-order valence-electron chi connectivity index (χ1n) is 10.1. The van der Waals surface area contributed by atoms with E-state index in [1.54, 1.807) is 24.3 Å². The van der Waals surface area contributed by atoms with Crippen LogP contribution >= 0.6 is 0 Å². The lowest BCUT2D eigenvalue weighted by Crippen LogP contribution is -2.45. The van der Waals surface area contributed by atoms with E-state index < -0.39 is 28.7 Å². The number of nitro groups is 1. The number of hydrazone groups is 1. The van der Waals surface area contributed by atoms with E-state index >= 15 is 0 Å². The molecule has 0 saturated heterocycles. The second-order valence-corrected chi connectivity index (χ2v) is 7.82. The summed E-state index contributed by atoms with van der Waals surface area (Å²) < 4.78 is 13.3. The number of nitrogens with zero attached hydrogens (tertiary/aromatic N) is 4. The summed E-state index contributed by atoms with van der Waals surface area (Å²) in [4.78, 5) is 37.2. The highest BCUT2D eigenvalue weighted by Crippen LogP contribution is 2.34. The second-order valence-electron chi connectivity index (χ2n) is 7.82. The van der Waals surface area contributed by atoms with Crippen molar-refractivity contribution in [2.75, 3.05) is 13.6 Å². The maximum absolute atomic E-state index is 13.3. The van der Waals surface area contributed by atoms with Gasteiger partial charge in [-0.05, 0) is 37.1 Å². The number of nitro benzene ring substituents is 1. The Morgan fingerprint density at radius 2 is 1.97 bits per heavy atom. The first kappa shape index (κ1) is 22.9. The van der Waals surface area contributed by atoms with Crippen LogP contribution < -0.4 is 5.32 Å². The highest BCUT2D eigenvalue weighted by molar-refractivity contribution is 6.03. The average molecular weight is 441 g/mol. The number of benzene rings is 2. The summed E-state index contributed by atoms with van der Waals surface area (Å²) in [5.74, 6) is -0.840.